The summed E-state index contributed by atoms with van der Waals surface area (Å²) in [5.74, 6) is -0.702. The highest BCUT2D eigenvalue weighted by Crippen LogP contribution is 2.46. The number of Topliss-reactive ketones (excluding diaryl/α,β-unsaturated/α-hetero) is 1. The summed E-state index contributed by atoms with van der Waals surface area (Å²) in [7, 11) is 0. The molecule has 0 aliphatic carbocycles. The van der Waals surface area contributed by atoms with Crippen LogP contribution >= 0.6 is 11.3 Å². The van der Waals surface area contributed by atoms with Crippen LogP contribution in [0.4, 0.5) is 5.69 Å². The van der Waals surface area contributed by atoms with Crippen molar-refractivity contribution in [2.75, 3.05) is 18.1 Å². The molecule has 5 heteroatoms. The maximum Gasteiger partial charge on any atom is 0.345 e. The molecule has 1 aromatic heterocycles. The van der Waals surface area contributed by atoms with Crippen molar-refractivity contribution < 1.29 is 14.3 Å². The van der Waals surface area contributed by atoms with Gasteiger partial charge in [0.1, 0.15) is 0 Å². The van der Waals surface area contributed by atoms with Crippen LogP contribution in [0.15, 0.2) is 41.8 Å². The Morgan fingerprint density at radius 2 is 2.00 bits per heavy atom. The Hall–Kier alpha value is -2.14. The van der Waals surface area contributed by atoms with Gasteiger partial charge in [-0.2, -0.15) is 0 Å². The highest BCUT2D eigenvalue weighted by Gasteiger charge is 2.59. The number of rotatable bonds is 4. The molecule has 0 N–H and O–H groups in total. The Morgan fingerprint density at radius 3 is 2.64 bits per heavy atom. The molecular weight excluding hydrogens is 298 g/mol. The van der Waals surface area contributed by atoms with Gasteiger partial charge in [0.2, 0.25) is 11.3 Å². The zero-order chi connectivity index (χ0) is 15.7. The van der Waals surface area contributed by atoms with E-state index in [1.807, 2.05) is 47.5 Å². The predicted octanol–water partition coefficient (Wildman–Crippen LogP) is 3.23. The van der Waals surface area contributed by atoms with Crippen molar-refractivity contribution in [1.29, 1.82) is 0 Å². The standard InChI is InChI=1S/C17H17NO3S/c1-3-18-13-9-6-5-8-12(13)15(19)17(18,16(20)21-4-2)14-10-7-11-22-14/h5-11H,3-4H2,1-2H3/t17-/m1/s1. The molecule has 0 radical (unpaired) electrons. The molecule has 0 amide bonds. The number of likely N-dealkylation sites (N-methyl/N-ethyl adjacent to an activating group) is 1. The molecule has 1 aromatic carbocycles. The van der Waals surface area contributed by atoms with Gasteiger partial charge < -0.3 is 9.64 Å². The molecule has 2 heterocycles. The number of anilines is 1. The van der Waals surface area contributed by atoms with Crippen LogP contribution in [0.25, 0.3) is 0 Å². The zero-order valence-electron chi connectivity index (χ0n) is 12.5. The Kier molecular flexibility index (Phi) is 3.74. The van der Waals surface area contributed by atoms with Gasteiger partial charge in [0.15, 0.2) is 0 Å². The second-order valence-electron chi connectivity index (χ2n) is 5.00. The maximum atomic E-state index is 13.2. The monoisotopic (exact) mass is 315 g/mol. The van der Waals surface area contributed by atoms with E-state index in [0.29, 0.717) is 17.0 Å². The van der Waals surface area contributed by atoms with E-state index in [1.165, 1.54) is 11.3 Å². The lowest BCUT2D eigenvalue weighted by Gasteiger charge is -2.35. The van der Waals surface area contributed by atoms with Gasteiger partial charge in [-0.3, -0.25) is 4.79 Å². The van der Waals surface area contributed by atoms with E-state index >= 15 is 0 Å². The second kappa shape index (κ2) is 5.57. The zero-order valence-corrected chi connectivity index (χ0v) is 13.4. The Balaban J connectivity index is 2.26. The summed E-state index contributed by atoms with van der Waals surface area (Å²) < 4.78 is 5.29. The number of para-hydroxylation sites is 1. The Labute approximate surface area is 133 Å². The molecule has 3 rings (SSSR count). The summed E-state index contributed by atoms with van der Waals surface area (Å²) in [4.78, 5) is 28.6. The van der Waals surface area contributed by atoms with Crippen LogP contribution in [0.1, 0.15) is 29.1 Å². The number of ether oxygens (including phenoxy) is 1. The fraction of sp³-hybridized carbons (Fsp3) is 0.294. The minimum absolute atomic E-state index is 0.203. The van der Waals surface area contributed by atoms with Gasteiger partial charge in [0.05, 0.1) is 6.61 Å². The van der Waals surface area contributed by atoms with Gasteiger partial charge in [-0.05, 0) is 37.4 Å². The minimum Gasteiger partial charge on any atom is -0.464 e. The van der Waals surface area contributed by atoms with Gasteiger partial charge in [-0.15, -0.1) is 11.3 Å². The molecule has 0 spiro atoms. The predicted molar refractivity (Wildman–Crippen MR) is 86.4 cm³/mol. The molecule has 0 saturated carbocycles. The lowest BCUT2D eigenvalue weighted by molar-refractivity contribution is -0.147. The van der Waals surface area contributed by atoms with Crippen LogP contribution in [0.3, 0.4) is 0 Å². The lowest BCUT2D eigenvalue weighted by Crippen LogP contribution is -2.54. The van der Waals surface area contributed by atoms with E-state index in [9.17, 15) is 9.59 Å². The molecule has 22 heavy (non-hydrogen) atoms. The first-order chi connectivity index (χ1) is 10.7. The highest BCUT2D eigenvalue weighted by atomic mass is 32.1. The number of benzene rings is 1. The third kappa shape index (κ3) is 1.82. The summed E-state index contributed by atoms with van der Waals surface area (Å²) in [6.07, 6.45) is 0. The van der Waals surface area contributed by atoms with Crippen LogP contribution in [-0.4, -0.2) is 24.9 Å². The smallest absolute Gasteiger partial charge is 0.345 e. The van der Waals surface area contributed by atoms with Crippen molar-refractivity contribution in [3.63, 3.8) is 0 Å². The molecule has 1 aliphatic rings. The first-order valence-electron chi connectivity index (χ1n) is 7.30. The number of thiophene rings is 1. The van der Waals surface area contributed by atoms with E-state index in [2.05, 4.69) is 0 Å². The van der Waals surface area contributed by atoms with Crippen LogP contribution in [0.5, 0.6) is 0 Å². The van der Waals surface area contributed by atoms with E-state index in [-0.39, 0.29) is 12.4 Å². The quantitative estimate of drug-likeness (QED) is 0.642. The maximum absolute atomic E-state index is 13.2. The lowest BCUT2D eigenvalue weighted by atomic mass is 9.90. The summed E-state index contributed by atoms with van der Waals surface area (Å²) in [5, 5.41) is 1.88. The fourth-order valence-electron chi connectivity index (χ4n) is 3.08. The molecule has 4 nitrogen and oxygen atoms in total. The molecule has 1 aliphatic heterocycles. The summed E-state index contributed by atoms with van der Waals surface area (Å²) >= 11 is 1.40. The Morgan fingerprint density at radius 1 is 1.23 bits per heavy atom. The molecule has 2 aromatic rings. The van der Waals surface area contributed by atoms with Crippen molar-refractivity contribution in [3.8, 4) is 0 Å². The third-order valence-corrected chi connectivity index (χ3v) is 4.92. The van der Waals surface area contributed by atoms with Crippen LogP contribution in [0.2, 0.25) is 0 Å². The fourth-order valence-corrected chi connectivity index (χ4v) is 3.99. The highest BCUT2D eigenvalue weighted by molar-refractivity contribution is 7.10. The first-order valence-corrected chi connectivity index (χ1v) is 8.18. The summed E-state index contributed by atoms with van der Waals surface area (Å²) in [5.41, 5.74) is -0.0231. The van der Waals surface area contributed by atoms with Gasteiger partial charge in [0, 0.05) is 22.7 Å². The molecular formula is C17H17NO3S. The average molecular weight is 315 g/mol. The van der Waals surface area contributed by atoms with Crippen molar-refractivity contribution in [2.24, 2.45) is 0 Å². The van der Waals surface area contributed by atoms with Crippen molar-refractivity contribution in [3.05, 3.63) is 52.2 Å². The largest absolute Gasteiger partial charge is 0.464 e. The SMILES string of the molecule is CCOC(=O)[C@@]1(c2cccs2)C(=O)c2ccccc2N1CC. The number of hydrogen-bond acceptors (Lipinski definition) is 5. The second-order valence-corrected chi connectivity index (χ2v) is 5.95. The van der Waals surface area contributed by atoms with E-state index < -0.39 is 11.5 Å². The number of hydrogen-bond donors (Lipinski definition) is 0. The van der Waals surface area contributed by atoms with Gasteiger partial charge >= 0.3 is 5.97 Å². The minimum atomic E-state index is -1.39. The normalized spacial score (nSPS) is 20.1. The number of carbonyl (C=O) groups excluding carboxylic acids is 2. The number of nitrogens with zero attached hydrogens (tertiary/aromatic N) is 1. The number of ketones is 1. The summed E-state index contributed by atoms with van der Waals surface area (Å²) in [6, 6.07) is 11.0. The van der Waals surface area contributed by atoms with Gasteiger partial charge in [-0.1, -0.05) is 18.2 Å². The average Bonchev–Trinajstić information content (AvgIpc) is 3.13. The third-order valence-electron chi connectivity index (χ3n) is 3.94. The first kappa shape index (κ1) is 14.8. The van der Waals surface area contributed by atoms with Crippen LogP contribution < -0.4 is 4.90 Å². The Bertz CT molecular complexity index is 710. The van der Waals surface area contributed by atoms with E-state index in [4.69, 9.17) is 4.74 Å². The van der Waals surface area contributed by atoms with Gasteiger partial charge in [0.25, 0.3) is 0 Å². The van der Waals surface area contributed by atoms with Gasteiger partial charge in [-0.25, -0.2) is 4.79 Å². The van der Waals surface area contributed by atoms with Crippen molar-refractivity contribution in [1.82, 2.24) is 0 Å². The van der Waals surface area contributed by atoms with E-state index in [0.717, 1.165) is 5.69 Å². The van der Waals surface area contributed by atoms with Crippen molar-refractivity contribution >= 4 is 28.8 Å². The molecule has 0 bridgehead atoms. The number of carbonyl (C=O) groups is 2. The molecule has 0 unspecified atom stereocenters. The summed E-state index contributed by atoms with van der Waals surface area (Å²) in [6.45, 7) is 4.48. The molecule has 1 atom stereocenters. The topological polar surface area (TPSA) is 46.6 Å². The molecule has 114 valence electrons. The van der Waals surface area contributed by atoms with Crippen LogP contribution in [0, 0.1) is 0 Å². The molecule has 0 fully saturated rings. The van der Waals surface area contributed by atoms with Crippen molar-refractivity contribution in [2.45, 2.75) is 19.4 Å². The van der Waals surface area contributed by atoms with E-state index in [1.54, 1.807) is 13.0 Å². The number of fused-ring (bicyclic) bond motifs is 1. The van der Waals surface area contributed by atoms with Crippen LogP contribution in [-0.2, 0) is 15.1 Å². The molecule has 0 saturated heterocycles. The number of esters is 1.